The summed E-state index contributed by atoms with van der Waals surface area (Å²) in [6.45, 7) is 3.59. The SMILES string of the molecule is CCCC(C1CCCCC1OC)P(C)(=O)O. The lowest BCUT2D eigenvalue weighted by Crippen LogP contribution is -2.35. The van der Waals surface area contributed by atoms with Gasteiger partial charge in [-0.3, -0.25) is 4.57 Å². The Morgan fingerprint density at radius 2 is 2.06 bits per heavy atom. The second-order valence-electron chi connectivity index (χ2n) is 5.02. The molecule has 0 spiro atoms. The predicted octanol–water partition coefficient (Wildman–Crippen LogP) is 3.26. The van der Waals surface area contributed by atoms with Gasteiger partial charge >= 0.3 is 0 Å². The fraction of sp³-hybridized carbons (Fsp3) is 1.00. The number of hydrogen-bond acceptors (Lipinski definition) is 2. The molecular formula is C12H25O3P. The molecule has 0 saturated heterocycles. The fourth-order valence-electron chi connectivity index (χ4n) is 2.96. The van der Waals surface area contributed by atoms with E-state index in [0.29, 0.717) is 0 Å². The lowest BCUT2D eigenvalue weighted by Gasteiger charge is -2.37. The van der Waals surface area contributed by atoms with E-state index < -0.39 is 7.37 Å². The summed E-state index contributed by atoms with van der Waals surface area (Å²) in [5.74, 6) is 0.277. The number of ether oxygens (including phenoxy) is 1. The molecule has 1 saturated carbocycles. The molecule has 0 aromatic rings. The van der Waals surface area contributed by atoms with Gasteiger partial charge in [0, 0.05) is 19.4 Å². The number of rotatable bonds is 5. The normalized spacial score (nSPS) is 32.0. The van der Waals surface area contributed by atoms with Gasteiger partial charge in [-0.1, -0.05) is 26.2 Å². The molecule has 1 rings (SSSR count). The highest BCUT2D eigenvalue weighted by Gasteiger charge is 2.38. The van der Waals surface area contributed by atoms with E-state index in [4.69, 9.17) is 4.74 Å². The van der Waals surface area contributed by atoms with Crippen molar-refractivity contribution >= 4 is 7.37 Å². The first-order valence-corrected chi connectivity index (χ1v) is 8.51. The summed E-state index contributed by atoms with van der Waals surface area (Å²) in [5.41, 5.74) is -0.0669. The lowest BCUT2D eigenvalue weighted by atomic mass is 9.83. The number of methoxy groups -OCH3 is 1. The van der Waals surface area contributed by atoms with Crippen LogP contribution in [0.1, 0.15) is 45.4 Å². The average Bonchev–Trinajstić information content (AvgIpc) is 2.24. The Kier molecular flexibility index (Phi) is 5.49. The van der Waals surface area contributed by atoms with E-state index >= 15 is 0 Å². The summed E-state index contributed by atoms with van der Waals surface area (Å²) in [4.78, 5) is 9.87. The second-order valence-corrected chi connectivity index (χ2v) is 7.57. The zero-order chi connectivity index (χ0) is 12.2. The van der Waals surface area contributed by atoms with Crippen LogP contribution in [-0.4, -0.2) is 30.4 Å². The third-order valence-electron chi connectivity index (χ3n) is 3.75. The molecule has 1 fully saturated rings. The first-order chi connectivity index (χ1) is 7.50. The molecule has 0 radical (unpaired) electrons. The standard InChI is InChI=1S/C12H25O3P/c1-4-7-12(16(3,13)14)10-8-5-6-9-11(10)15-2/h10-12H,4-9H2,1-3H3,(H,13,14). The molecular weight excluding hydrogens is 223 g/mol. The Bertz CT molecular complexity index is 249. The van der Waals surface area contributed by atoms with Crippen molar-refractivity contribution in [3.05, 3.63) is 0 Å². The molecule has 0 heterocycles. The van der Waals surface area contributed by atoms with Crippen LogP contribution < -0.4 is 0 Å². The molecule has 4 atom stereocenters. The van der Waals surface area contributed by atoms with Crippen molar-refractivity contribution in [2.75, 3.05) is 13.8 Å². The fourth-order valence-corrected chi connectivity index (χ4v) is 4.75. The van der Waals surface area contributed by atoms with Crippen molar-refractivity contribution in [2.24, 2.45) is 5.92 Å². The highest BCUT2D eigenvalue weighted by atomic mass is 31.2. The van der Waals surface area contributed by atoms with Gasteiger partial charge < -0.3 is 9.63 Å². The molecule has 1 N–H and O–H groups in total. The maximum atomic E-state index is 12.0. The van der Waals surface area contributed by atoms with E-state index in [1.54, 1.807) is 7.11 Å². The summed E-state index contributed by atoms with van der Waals surface area (Å²) in [6.07, 6.45) is 6.44. The van der Waals surface area contributed by atoms with Crippen molar-refractivity contribution in [1.82, 2.24) is 0 Å². The Morgan fingerprint density at radius 1 is 1.44 bits per heavy atom. The molecule has 16 heavy (non-hydrogen) atoms. The highest BCUT2D eigenvalue weighted by molar-refractivity contribution is 7.57. The Hall–Kier alpha value is 0.150. The van der Waals surface area contributed by atoms with Crippen LogP contribution in [0.4, 0.5) is 0 Å². The summed E-state index contributed by atoms with van der Waals surface area (Å²) in [5, 5.41) is 0. The highest BCUT2D eigenvalue weighted by Crippen LogP contribution is 2.51. The minimum absolute atomic E-state index is 0.0669. The summed E-state index contributed by atoms with van der Waals surface area (Å²) in [6, 6.07) is 0. The Morgan fingerprint density at radius 3 is 2.56 bits per heavy atom. The van der Waals surface area contributed by atoms with E-state index in [1.807, 2.05) is 0 Å². The van der Waals surface area contributed by atoms with Crippen molar-refractivity contribution in [3.8, 4) is 0 Å². The van der Waals surface area contributed by atoms with E-state index in [0.717, 1.165) is 25.7 Å². The van der Waals surface area contributed by atoms with Crippen LogP contribution in [0.15, 0.2) is 0 Å². The molecule has 96 valence electrons. The Balaban J connectivity index is 2.78. The zero-order valence-corrected chi connectivity index (χ0v) is 11.6. The van der Waals surface area contributed by atoms with Crippen LogP contribution >= 0.6 is 7.37 Å². The van der Waals surface area contributed by atoms with Gasteiger partial charge in [-0.15, -0.1) is 0 Å². The maximum Gasteiger partial charge on any atom is 0.201 e. The van der Waals surface area contributed by atoms with Crippen molar-refractivity contribution in [2.45, 2.75) is 57.2 Å². The van der Waals surface area contributed by atoms with Gasteiger partial charge in [-0.2, -0.15) is 0 Å². The van der Waals surface area contributed by atoms with E-state index in [-0.39, 0.29) is 17.7 Å². The van der Waals surface area contributed by atoms with Gasteiger partial charge in [0.25, 0.3) is 0 Å². The van der Waals surface area contributed by atoms with Gasteiger partial charge in [0.2, 0.25) is 7.37 Å². The summed E-state index contributed by atoms with van der Waals surface area (Å²) in [7, 11) is -1.27. The summed E-state index contributed by atoms with van der Waals surface area (Å²) >= 11 is 0. The van der Waals surface area contributed by atoms with E-state index in [2.05, 4.69) is 6.92 Å². The van der Waals surface area contributed by atoms with Gasteiger partial charge in [0.15, 0.2) is 0 Å². The van der Waals surface area contributed by atoms with Gasteiger partial charge in [-0.25, -0.2) is 0 Å². The van der Waals surface area contributed by atoms with Gasteiger partial charge in [0.1, 0.15) is 0 Å². The second kappa shape index (κ2) is 6.18. The molecule has 0 aromatic heterocycles. The molecule has 1 aliphatic carbocycles. The van der Waals surface area contributed by atoms with Crippen molar-refractivity contribution < 1.29 is 14.2 Å². The molecule has 0 aromatic carbocycles. The van der Waals surface area contributed by atoms with Crippen LogP contribution in [0, 0.1) is 5.92 Å². The third kappa shape index (κ3) is 3.58. The lowest BCUT2D eigenvalue weighted by molar-refractivity contribution is 0.0198. The minimum atomic E-state index is -2.99. The van der Waals surface area contributed by atoms with E-state index in [1.165, 1.54) is 19.5 Å². The van der Waals surface area contributed by atoms with Crippen molar-refractivity contribution in [1.29, 1.82) is 0 Å². The topological polar surface area (TPSA) is 46.5 Å². The monoisotopic (exact) mass is 248 g/mol. The smallest absolute Gasteiger partial charge is 0.201 e. The van der Waals surface area contributed by atoms with Crippen LogP contribution in [0.5, 0.6) is 0 Å². The predicted molar refractivity (Wildman–Crippen MR) is 67.2 cm³/mol. The molecule has 3 nitrogen and oxygen atoms in total. The average molecular weight is 248 g/mol. The zero-order valence-electron chi connectivity index (χ0n) is 10.7. The Labute approximate surface area is 99.0 Å². The van der Waals surface area contributed by atoms with Crippen molar-refractivity contribution in [3.63, 3.8) is 0 Å². The quantitative estimate of drug-likeness (QED) is 0.759. The van der Waals surface area contributed by atoms with E-state index in [9.17, 15) is 9.46 Å². The molecule has 4 unspecified atom stereocenters. The first kappa shape index (κ1) is 14.2. The third-order valence-corrected chi connectivity index (χ3v) is 5.62. The van der Waals surface area contributed by atoms with Crippen LogP contribution in [0.2, 0.25) is 0 Å². The summed E-state index contributed by atoms with van der Waals surface area (Å²) < 4.78 is 17.5. The molecule has 0 bridgehead atoms. The van der Waals surface area contributed by atoms with Gasteiger partial charge in [-0.05, 0) is 25.2 Å². The molecule has 0 aliphatic heterocycles. The molecule has 4 heteroatoms. The molecule has 1 aliphatic rings. The minimum Gasteiger partial charge on any atom is -0.381 e. The maximum absolute atomic E-state index is 12.0. The van der Waals surface area contributed by atoms with Gasteiger partial charge in [0.05, 0.1) is 6.10 Å². The molecule has 0 amide bonds. The largest absolute Gasteiger partial charge is 0.381 e. The number of hydrogen-bond donors (Lipinski definition) is 1. The van der Waals surface area contributed by atoms with Crippen LogP contribution in [0.3, 0.4) is 0 Å². The van der Waals surface area contributed by atoms with Crippen LogP contribution in [-0.2, 0) is 9.30 Å². The van der Waals surface area contributed by atoms with Crippen LogP contribution in [0.25, 0.3) is 0 Å². The first-order valence-electron chi connectivity index (χ1n) is 6.33.